The third-order valence-electron chi connectivity index (χ3n) is 8.45. The first kappa shape index (κ1) is 24.9. The van der Waals surface area contributed by atoms with Gasteiger partial charge in [-0.25, -0.2) is 0 Å². The lowest BCUT2D eigenvalue weighted by Gasteiger charge is -2.26. The minimum Gasteiger partial charge on any atom is -0.311 e. The van der Waals surface area contributed by atoms with E-state index in [0.29, 0.717) is 5.56 Å². The second-order valence-corrected chi connectivity index (χ2v) is 10.9. The lowest BCUT2D eigenvalue weighted by atomic mass is 9.94. The van der Waals surface area contributed by atoms with E-state index in [4.69, 9.17) is 0 Å². The molecule has 0 unspecified atom stereocenters. The Hall–Kier alpha value is -5.91. The molecule has 7 aromatic carbocycles. The third kappa shape index (κ3) is 4.19. The summed E-state index contributed by atoms with van der Waals surface area (Å²) in [7, 11) is 0. The van der Waals surface area contributed by atoms with Crippen molar-refractivity contribution in [1.29, 1.82) is 5.26 Å². The Morgan fingerprint density at radius 1 is 0.395 bits per heavy atom. The Morgan fingerprint density at radius 2 is 0.953 bits per heavy atom. The van der Waals surface area contributed by atoms with Crippen LogP contribution >= 0.6 is 0 Å². The van der Waals surface area contributed by atoms with E-state index in [1.54, 1.807) is 0 Å². The molecule has 0 bridgehead atoms. The summed E-state index contributed by atoms with van der Waals surface area (Å²) in [6, 6.07) is 57.8. The van der Waals surface area contributed by atoms with Gasteiger partial charge in [0.25, 0.3) is 0 Å². The van der Waals surface area contributed by atoms with Crippen LogP contribution in [-0.4, -0.2) is 0 Å². The Labute approximate surface area is 251 Å². The van der Waals surface area contributed by atoms with E-state index in [1.807, 2.05) is 30.3 Å². The predicted molar refractivity (Wildman–Crippen MR) is 179 cm³/mol. The summed E-state index contributed by atoms with van der Waals surface area (Å²) in [4.78, 5) is 2.28. The quantitative estimate of drug-likeness (QED) is 0.215. The van der Waals surface area contributed by atoms with Gasteiger partial charge in [-0.1, -0.05) is 109 Å². The second-order valence-electron chi connectivity index (χ2n) is 10.9. The van der Waals surface area contributed by atoms with Crippen LogP contribution in [0.3, 0.4) is 0 Å². The standard InChI is InChI=1S/C41H26N2/c42-27-28-8-6-9-31(26-28)29-16-20-33(21-17-29)43(32-10-2-1-3-11-32)34-22-18-30(19-23-34)35-24-25-40-37-13-5-4-12-36(37)39-15-7-14-38(35)41(39)40/h1-26H. The fourth-order valence-electron chi connectivity index (χ4n) is 6.45. The summed E-state index contributed by atoms with van der Waals surface area (Å²) in [5.74, 6) is 0. The first-order valence-corrected chi connectivity index (χ1v) is 14.5. The summed E-state index contributed by atoms with van der Waals surface area (Å²) >= 11 is 0. The van der Waals surface area contributed by atoms with Gasteiger partial charge in [0.05, 0.1) is 11.6 Å². The Morgan fingerprint density at radius 3 is 1.65 bits per heavy atom. The number of rotatable bonds is 5. The summed E-state index contributed by atoms with van der Waals surface area (Å²) in [5, 5.41) is 12.0. The highest BCUT2D eigenvalue weighted by atomic mass is 15.1. The minimum absolute atomic E-state index is 0.664. The zero-order valence-corrected chi connectivity index (χ0v) is 23.4. The minimum atomic E-state index is 0.664. The molecule has 7 aromatic rings. The Kier molecular flexibility index (Phi) is 5.88. The maximum Gasteiger partial charge on any atom is 0.0991 e. The molecule has 0 amide bonds. The molecule has 0 saturated carbocycles. The van der Waals surface area contributed by atoms with Crippen molar-refractivity contribution in [2.75, 3.05) is 4.90 Å². The molecule has 0 fully saturated rings. The van der Waals surface area contributed by atoms with E-state index in [2.05, 4.69) is 138 Å². The molecule has 43 heavy (non-hydrogen) atoms. The van der Waals surface area contributed by atoms with Crippen LogP contribution < -0.4 is 4.90 Å². The largest absolute Gasteiger partial charge is 0.311 e. The number of fused-ring (bicyclic) bond motifs is 3. The van der Waals surface area contributed by atoms with Crippen LogP contribution in [0.5, 0.6) is 0 Å². The molecule has 8 rings (SSSR count). The summed E-state index contributed by atoms with van der Waals surface area (Å²) in [6.45, 7) is 0. The average Bonchev–Trinajstić information content (AvgIpc) is 3.41. The van der Waals surface area contributed by atoms with Crippen LogP contribution in [0.15, 0.2) is 158 Å². The maximum atomic E-state index is 9.33. The van der Waals surface area contributed by atoms with Gasteiger partial charge in [0.2, 0.25) is 0 Å². The monoisotopic (exact) mass is 546 g/mol. The molecular weight excluding hydrogens is 520 g/mol. The Bertz CT molecular complexity index is 2140. The second kappa shape index (κ2) is 10.2. The number of hydrogen-bond acceptors (Lipinski definition) is 2. The first-order chi connectivity index (χ1) is 21.3. The van der Waals surface area contributed by atoms with Gasteiger partial charge in [0, 0.05) is 17.1 Å². The number of para-hydroxylation sites is 1. The van der Waals surface area contributed by atoms with Crippen molar-refractivity contribution in [3.8, 4) is 50.6 Å². The van der Waals surface area contributed by atoms with Gasteiger partial charge in [-0.3, -0.25) is 0 Å². The fraction of sp³-hybridized carbons (Fsp3) is 0. The molecule has 2 nitrogen and oxygen atoms in total. The van der Waals surface area contributed by atoms with E-state index >= 15 is 0 Å². The van der Waals surface area contributed by atoms with Gasteiger partial charge < -0.3 is 4.90 Å². The SMILES string of the molecule is N#Cc1cccc(-c2ccc(N(c3ccccc3)c3ccc(-c4ccc5c6c(cccc46)-c4ccccc4-5)cc3)cc2)c1. The van der Waals surface area contributed by atoms with Crippen molar-refractivity contribution in [2.24, 2.45) is 0 Å². The highest BCUT2D eigenvalue weighted by molar-refractivity contribution is 6.18. The predicted octanol–water partition coefficient (Wildman–Crippen LogP) is 11.2. The molecule has 0 radical (unpaired) electrons. The van der Waals surface area contributed by atoms with Crippen molar-refractivity contribution < 1.29 is 0 Å². The first-order valence-electron chi connectivity index (χ1n) is 14.5. The van der Waals surface area contributed by atoms with Crippen LogP contribution in [0.1, 0.15) is 5.56 Å². The van der Waals surface area contributed by atoms with Crippen molar-refractivity contribution in [1.82, 2.24) is 0 Å². The number of benzene rings is 7. The number of nitrogens with zero attached hydrogens (tertiary/aromatic N) is 2. The molecule has 1 aliphatic carbocycles. The third-order valence-corrected chi connectivity index (χ3v) is 8.45. The molecule has 0 saturated heterocycles. The van der Waals surface area contributed by atoms with Gasteiger partial charge in [-0.2, -0.15) is 5.26 Å². The molecule has 2 heteroatoms. The van der Waals surface area contributed by atoms with Crippen molar-refractivity contribution in [2.45, 2.75) is 0 Å². The number of nitriles is 1. The summed E-state index contributed by atoms with van der Waals surface area (Å²) in [6.07, 6.45) is 0. The van der Waals surface area contributed by atoms with E-state index in [-0.39, 0.29) is 0 Å². The molecule has 0 atom stereocenters. The zero-order valence-electron chi connectivity index (χ0n) is 23.4. The Balaban J connectivity index is 1.18. The van der Waals surface area contributed by atoms with Gasteiger partial charge in [0.15, 0.2) is 0 Å². The fourth-order valence-corrected chi connectivity index (χ4v) is 6.45. The molecule has 0 aliphatic heterocycles. The molecule has 1 aliphatic rings. The molecule has 0 aromatic heterocycles. The topological polar surface area (TPSA) is 27.0 Å². The van der Waals surface area contributed by atoms with Gasteiger partial charge in [0.1, 0.15) is 0 Å². The van der Waals surface area contributed by atoms with E-state index in [9.17, 15) is 5.26 Å². The van der Waals surface area contributed by atoms with E-state index in [1.165, 1.54) is 44.2 Å². The average molecular weight is 547 g/mol. The highest BCUT2D eigenvalue weighted by Crippen LogP contribution is 2.49. The van der Waals surface area contributed by atoms with Crippen LogP contribution in [-0.2, 0) is 0 Å². The number of anilines is 3. The van der Waals surface area contributed by atoms with E-state index < -0.39 is 0 Å². The lowest BCUT2D eigenvalue weighted by molar-refractivity contribution is 1.28. The summed E-state index contributed by atoms with van der Waals surface area (Å²) in [5.41, 5.74) is 13.8. The zero-order chi connectivity index (χ0) is 28.8. The van der Waals surface area contributed by atoms with Gasteiger partial charge in [-0.15, -0.1) is 0 Å². The highest BCUT2D eigenvalue weighted by Gasteiger charge is 2.22. The molecule has 0 heterocycles. The van der Waals surface area contributed by atoms with Crippen molar-refractivity contribution >= 4 is 27.8 Å². The lowest BCUT2D eigenvalue weighted by Crippen LogP contribution is -2.09. The molecular formula is C41H26N2. The van der Waals surface area contributed by atoms with Crippen LogP contribution in [0.2, 0.25) is 0 Å². The molecule has 0 N–H and O–H groups in total. The smallest absolute Gasteiger partial charge is 0.0991 e. The molecule has 0 spiro atoms. The molecule has 200 valence electrons. The van der Waals surface area contributed by atoms with Gasteiger partial charge >= 0.3 is 0 Å². The van der Waals surface area contributed by atoms with Crippen molar-refractivity contribution in [3.05, 3.63) is 163 Å². The van der Waals surface area contributed by atoms with Crippen LogP contribution in [0.25, 0.3) is 55.3 Å². The number of hydrogen-bond donors (Lipinski definition) is 0. The summed E-state index contributed by atoms with van der Waals surface area (Å²) < 4.78 is 0. The van der Waals surface area contributed by atoms with E-state index in [0.717, 1.165) is 28.2 Å². The normalized spacial score (nSPS) is 11.2. The van der Waals surface area contributed by atoms with Crippen molar-refractivity contribution in [3.63, 3.8) is 0 Å². The maximum absolute atomic E-state index is 9.33. The van der Waals surface area contributed by atoms with Crippen LogP contribution in [0, 0.1) is 11.3 Å². The van der Waals surface area contributed by atoms with Crippen LogP contribution in [0.4, 0.5) is 17.1 Å². The van der Waals surface area contributed by atoms with Gasteiger partial charge in [-0.05, 0) is 104 Å².